The highest BCUT2D eigenvalue weighted by molar-refractivity contribution is 7.89. The number of para-hydroxylation sites is 1. The van der Waals surface area contributed by atoms with Gasteiger partial charge < -0.3 is 5.32 Å². The number of amides is 1. The van der Waals surface area contributed by atoms with Crippen LogP contribution in [0, 0.1) is 0 Å². The molecule has 0 atom stereocenters. The normalized spacial score (nSPS) is 13.5. The molecule has 0 spiro atoms. The Hall–Kier alpha value is -3.23. The van der Waals surface area contributed by atoms with Crippen molar-refractivity contribution in [2.75, 3.05) is 18.4 Å². The molecule has 0 unspecified atom stereocenters. The molecule has 0 aliphatic heterocycles. The summed E-state index contributed by atoms with van der Waals surface area (Å²) < 4.78 is 28.5. The second-order valence-electron chi connectivity index (χ2n) is 7.86. The lowest BCUT2D eigenvalue weighted by molar-refractivity contribution is -0.111. The molecule has 0 fully saturated rings. The largest absolute Gasteiger partial charge is 0.307 e. The van der Waals surface area contributed by atoms with E-state index in [0.29, 0.717) is 18.9 Å². The first-order valence-corrected chi connectivity index (χ1v) is 12.6. The van der Waals surface area contributed by atoms with Crippen LogP contribution in [0.4, 0.5) is 5.82 Å². The lowest BCUT2D eigenvalue weighted by Crippen LogP contribution is -2.30. The smallest absolute Gasteiger partial charge is 0.249 e. The highest BCUT2D eigenvalue weighted by Crippen LogP contribution is 2.31. The fourth-order valence-electron chi connectivity index (χ4n) is 4.07. The van der Waals surface area contributed by atoms with Gasteiger partial charge in [0.25, 0.3) is 0 Å². The van der Waals surface area contributed by atoms with Gasteiger partial charge in [-0.25, -0.2) is 13.1 Å². The average Bonchev–Trinajstić information content (AvgIpc) is 3.42. The molecule has 0 saturated carbocycles. The first kappa shape index (κ1) is 22.9. The Morgan fingerprint density at radius 1 is 1.06 bits per heavy atom. The molecule has 1 heterocycles. The summed E-state index contributed by atoms with van der Waals surface area (Å²) in [7, 11) is -3.50. The van der Waals surface area contributed by atoms with E-state index >= 15 is 0 Å². The maximum absolute atomic E-state index is 12.7. The zero-order valence-electron chi connectivity index (χ0n) is 18.9. The molecule has 172 valence electrons. The van der Waals surface area contributed by atoms with E-state index in [-0.39, 0.29) is 10.8 Å². The average molecular weight is 465 g/mol. The van der Waals surface area contributed by atoms with Crippen molar-refractivity contribution in [3.05, 3.63) is 77.5 Å². The number of aromatic nitrogens is 2. The number of rotatable bonds is 8. The van der Waals surface area contributed by atoms with Crippen molar-refractivity contribution in [3.8, 4) is 5.69 Å². The summed E-state index contributed by atoms with van der Waals surface area (Å²) in [4.78, 5) is 13.0. The van der Waals surface area contributed by atoms with E-state index in [4.69, 9.17) is 5.10 Å². The minimum Gasteiger partial charge on any atom is -0.307 e. The van der Waals surface area contributed by atoms with Crippen molar-refractivity contribution in [1.29, 1.82) is 0 Å². The van der Waals surface area contributed by atoms with Crippen LogP contribution < -0.4 is 5.32 Å². The zero-order valence-corrected chi connectivity index (χ0v) is 19.7. The molecule has 1 aliphatic carbocycles. The van der Waals surface area contributed by atoms with E-state index in [1.165, 1.54) is 10.4 Å². The van der Waals surface area contributed by atoms with Crippen molar-refractivity contribution in [3.63, 3.8) is 0 Å². The quantitative estimate of drug-likeness (QED) is 0.510. The van der Waals surface area contributed by atoms with Crippen molar-refractivity contribution in [2.45, 2.75) is 38.0 Å². The van der Waals surface area contributed by atoms with Gasteiger partial charge in [0.05, 0.1) is 16.3 Å². The summed E-state index contributed by atoms with van der Waals surface area (Å²) in [6.45, 7) is 4.47. The first-order valence-electron chi connectivity index (χ1n) is 11.2. The molecule has 0 bridgehead atoms. The van der Waals surface area contributed by atoms with Gasteiger partial charge in [-0.1, -0.05) is 44.2 Å². The van der Waals surface area contributed by atoms with Crippen LogP contribution in [0.5, 0.6) is 0 Å². The topological polar surface area (TPSA) is 84.3 Å². The number of hydrogen-bond donors (Lipinski definition) is 1. The van der Waals surface area contributed by atoms with E-state index < -0.39 is 10.0 Å². The van der Waals surface area contributed by atoms with Crippen LogP contribution >= 0.6 is 0 Å². The van der Waals surface area contributed by atoms with Crippen LogP contribution in [0.2, 0.25) is 0 Å². The summed E-state index contributed by atoms with van der Waals surface area (Å²) in [6, 6.07) is 16.3. The van der Waals surface area contributed by atoms with Gasteiger partial charge in [0.2, 0.25) is 15.9 Å². The predicted octanol–water partition coefficient (Wildman–Crippen LogP) is 4.04. The predicted molar refractivity (Wildman–Crippen MR) is 130 cm³/mol. The molecular weight excluding hydrogens is 436 g/mol. The third-order valence-corrected chi connectivity index (χ3v) is 7.86. The molecule has 0 radical (unpaired) electrons. The van der Waals surface area contributed by atoms with Gasteiger partial charge in [0, 0.05) is 24.7 Å². The second-order valence-corrected chi connectivity index (χ2v) is 9.79. The lowest BCUT2D eigenvalue weighted by Gasteiger charge is -2.18. The Labute approximate surface area is 194 Å². The number of carbonyl (C=O) groups is 1. The summed E-state index contributed by atoms with van der Waals surface area (Å²) in [5.41, 5.74) is 3.76. The number of benzene rings is 2. The van der Waals surface area contributed by atoms with Gasteiger partial charge >= 0.3 is 0 Å². The van der Waals surface area contributed by atoms with Crippen LogP contribution in [-0.2, 0) is 27.7 Å². The second kappa shape index (κ2) is 9.72. The van der Waals surface area contributed by atoms with E-state index in [0.717, 1.165) is 41.8 Å². The fourth-order valence-corrected chi connectivity index (χ4v) is 5.53. The van der Waals surface area contributed by atoms with Crippen LogP contribution in [0.25, 0.3) is 11.8 Å². The number of nitrogens with zero attached hydrogens (tertiary/aromatic N) is 3. The van der Waals surface area contributed by atoms with Gasteiger partial charge in [0.1, 0.15) is 5.82 Å². The van der Waals surface area contributed by atoms with E-state index in [2.05, 4.69) is 5.32 Å². The Morgan fingerprint density at radius 3 is 2.42 bits per heavy atom. The number of fused-ring (bicyclic) bond motifs is 1. The fraction of sp³-hybridized carbons (Fsp3) is 0.280. The third kappa shape index (κ3) is 4.77. The van der Waals surface area contributed by atoms with Crippen molar-refractivity contribution >= 4 is 27.8 Å². The molecular formula is C25H28N4O3S. The maximum Gasteiger partial charge on any atom is 0.249 e. The molecule has 2 aromatic carbocycles. The highest BCUT2D eigenvalue weighted by atomic mass is 32.2. The van der Waals surface area contributed by atoms with E-state index in [1.54, 1.807) is 35.0 Å². The Morgan fingerprint density at radius 2 is 1.76 bits per heavy atom. The van der Waals surface area contributed by atoms with Gasteiger partial charge in [-0.05, 0) is 55.2 Å². The van der Waals surface area contributed by atoms with Crippen LogP contribution in [0.3, 0.4) is 0 Å². The van der Waals surface area contributed by atoms with Crippen molar-refractivity contribution in [2.24, 2.45) is 0 Å². The molecule has 33 heavy (non-hydrogen) atoms. The number of aryl methyl sites for hydroxylation is 1. The van der Waals surface area contributed by atoms with Gasteiger partial charge in [-0.15, -0.1) is 0 Å². The van der Waals surface area contributed by atoms with E-state index in [9.17, 15) is 13.2 Å². The molecule has 3 aromatic rings. The summed E-state index contributed by atoms with van der Waals surface area (Å²) >= 11 is 0. The van der Waals surface area contributed by atoms with Crippen LogP contribution in [-0.4, -0.2) is 41.5 Å². The van der Waals surface area contributed by atoms with Crippen molar-refractivity contribution in [1.82, 2.24) is 14.1 Å². The molecule has 7 nitrogen and oxygen atoms in total. The van der Waals surface area contributed by atoms with Crippen LogP contribution in [0.15, 0.2) is 65.6 Å². The SMILES string of the molecule is CCN(CC)S(=O)(=O)c1ccc(/C=C/C(=O)Nc2c3c(nn2-c2ccccc2)CCC3)cc1. The van der Waals surface area contributed by atoms with E-state index in [1.807, 2.05) is 44.2 Å². The lowest BCUT2D eigenvalue weighted by atomic mass is 10.2. The van der Waals surface area contributed by atoms with Gasteiger partial charge in [-0.3, -0.25) is 4.79 Å². The molecule has 4 rings (SSSR count). The number of nitrogens with one attached hydrogen (secondary N) is 1. The number of hydrogen-bond acceptors (Lipinski definition) is 4. The van der Waals surface area contributed by atoms with Gasteiger partial charge in [0.15, 0.2) is 0 Å². The number of sulfonamides is 1. The van der Waals surface area contributed by atoms with Gasteiger partial charge in [-0.2, -0.15) is 9.40 Å². The Bertz CT molecular complexity index is 1260. The van der Waals surface area contributed by atoms with Crippen LogP contribution in [0.1, 0.15) is 37.1 Å². The Balaban J connectivity index is 1.51. The maximum atomic E-state index is 12.7. The monoisotopic (exact) mass is 464 g/mol. The molecule has 1 aliphatic rings. The minimum atomic E-state index is -3.50. The summed E-state index contributed by atoms with van der Waals surface area (Å²) in [5.74, 6) is 0.450. The molecule has 0 saturated heterocycles. The molecule has 1 N–H and O–H groups in total. The Kier molecular flexibility index (Phi) is 6.76. The number of anilines is 1. The third-order valence-electron chi connectivity index (χ3n) is 5.80. The first-order chi connectivity index (χ1) is 15.9. The molecule has 1 amide bonds. The molecule has 8 heteroatoms. The number of carbonyl (C=O) groups excluding carboxylic acids is 1. The molecule has 1 aromatic heterocycles. The standard InChI is InChI=1S/C25H28N4O3S/c1-3-28(4-2)33(31,32)21-16-13-19(14-17-21)15-18-24(30)26-25-22-11-8-12-23(22)27-29(25)20-9-6-5-7-10-20/h5-7,9-10,13-18H,3-4,8,11-12H2,1-2H3,(H,26,30)/b18-15+. The summed E-state index contributed by atoms with van der Waals surface area (Å²) in [5, 5.41) is 7.71. The highest BCUT2D eigenvalue weighted by Gasteiger charge is 2.24. The zero-order chi connectivity index (χ0) is 23.4. The minimum absolute atomic E-state index is 0.245. The van der Waals surface area contributed by atoms with Crippen molar-refractivity contribution < 1.29 is 13.2 Å². The summed E-state index contributed by atoms with van der Waals surface area (Å²) in [6.07, 6.45) is 5.97.